The normalized spacial score (nSPS) is 25.5. The molecule has 33 heavy (non-hydrogen) atoms. The summed E-state index contributed by atoms with van der Waals surface area (Å²) in [6.45, 7) is 4.06. The van der Waals surface area contributed by atoms with Gasteiger partial charge in [0.25, 0.3) is 5.91 Å². The second-order valence-corrected chi connectivity index (χ2v) is 10.8. The Kier molecular flexibility index (Phi) is 4.72. The zero-order valence-electron chi connectivity index (χ0n) is 19.2. The van der Waals surface area contributed by atoms with Crippen molar-refractivity contribution in [2.24, 2.45) is 11.8 Å². The van der Waals surface area contributed by atoms with Crippen LogP contribution in [-0.4, -0.2) is 15.7 Å². The molecule has 2 atom stereocenters. The quantitative estimate of drug-likeness (QED) is 0.532. The highest BCUT2D eigenvalue weighted by Gasteiger charge is 2.46. The molecule has 4 aliphatic carbocycles. The Balaban J connectivity index is 1.46. The van der Waals surface area contributed by atoms with Crippen LogP contribution in [0.3, 0.4) is 0 Å². The lowest BCUT2D eigenvalue weighted by Crippen LogP contribution is -2.41. The monoisotopic (exact) mass is 443 g/mol. The van der Waals surface area contributed by atoms with E-state index in [1.807, 2.05) is 48.9 Å². The highest BCUT2D eigenvalue weighted by Crippen LogP contribution is 2.57. The second-order valence-electron chi connectivity index (χ2n) is 10.8. The molecule has 170 valence electrons. The fourth-order valence-corrected chi connectivity index (χ4v) is 6.76. The Morgan fingerprint density at radius 2 is 1.58 bits per heavy atom. The number of carbonyl (C=O) groups excluding carboxylic acids is 1. The number of nitrogens with one attached hydrogen (secondary N) is 1. The van der Waals surface area contributed by atoms with Crippen LogP contribution in [0.1, 0.15) is 85.1 Å². The van der Waals surface area contributed by atoms with Crippen LogP contribution in [0.15, 0.2) is 54.6 Å². The molecular weight excluding hydrogens is 413 g/mol. The van der Waals surface area contributed by atoms with Crippen molar-refractivity contribution in [3.05, 3.63) is 82.9 Å². The van der Waals surface area contributed by atoms with E-state index in [9.17, 15) is 9.18 Å². The fourth-order valence-electron chi connectivity index (χ4n) is 6.76. The number of hydrogen-bond acceptors (Lipinski definition) is 2. The number of benzene rings is 2. The van der Waals surface area contributed by atoms with Gasteiger partial charge < -0.3 is 5.32 Å². The van der Waals surface area contributed by atoms with E-state index in [0.717, 1.165) is 41.5 Å². The van der Waals surface area contributed by atoms with Crippen molar-refractivity contribution < 1.29 is 9.18 Å². The summed E-state index contributed by atoms with van der Waals surface area (Å²) in [5.41, 5.74) is 4.26. The van der Waals surface area contributed by atoms with E-state index in [-0.39, 0.29) is 11.7 Å². The zero-order valence-corrected chi connectivity index (χ0v) is 19.2. The van der Waals surface area contributed by atoms with Crippen LogP contribution in [0.4, 0.5) is 4.39 Å². The molecular formula is C28H30FN3O. The molecule has 1 N–H and O–H groups in total. The smallest absolute Gasteiger partial charge is 0.272 e. The second kappa shape index (κ2) is 7.54. The molecule has 2 saturated carbocycles. The summed E-state index contributed by atoms with van der Waals surface area (Å²) < 4.78 is 15.6. The molecule has 0 spiro atoms. The maximum Gasteiger partial charge on any atom is 0.272 e. The summed E-state index contributed by atoms with van der Waals surface area (Å²) in [4.78, 5) is 13.8. The van der Waals surface area contributed by atoms with Crippen LogP contribution >= 0.6 is 0 Å². The Labute approximate surface area is 194 Å². The molecule has 2 unspecified atom stereocenters. The predicted molar refractivity (Wildman–Crippen MR) is 126 cm³/mol. The van der Waals surface area contributed by atoms with Gasteiger partial charge in [-0.25, -0.2) is 9.07 Å². The van der Waals surface area contributed by atoms with Gasteiger partial charge in [-0.1, -0.05) is 30.3 Å². The Morgan fingerprint density at radius 1 is 0.939 bits per heavy atom. The predicted octanol–water partition coefficient (Wildman–Crippen LogP) is 6.07. The van der Waals surface area contributed by atoms with Gasteiger partial charge in [0.1, 0.15) is 5.82 Å². The van der Waals surface area contributed by atoms with Crippen LogP contribution in [0.5, 0.6) is 0 Å². The lowest BCUT2D eigenvalue weighted by molar-refractivity contribution is 0.0903. The minimum atomic E-state index is -0.521. The van der Waals surface area contributed by atoms with Gasteiger partial charge in [0.05, 0.1) is 16.9 Å². The molecule has 4 bridgehead atoms. The number of rotatable bonds is 4. The van der Waals surface area contributed by atoms with Gasteiger partial charge in [-0.15, -0.1) is 0 Å². The van der Waals surface area contributed by atoms with E-state index in [1.54, 1.807) is 12.1 Å². The van der Waals surface area contributed by atoms with Gasteiger partial charge in [0, 0.05) is 11.5 Å². The first-order valence-corrected chi connectivity index (χ1v) is 12.2. The van der Waals surface area contributed by atoms with Crippen LogP contribution in [0, 0.1) is 17.7 Å². The van der Waals surface area contributed by atoms with Crippen LogP contribution < -0.4 is 5.32 Å². The number of hydrogen-bond donors (Lipinski definition) is 1. The van der Waals surface area contributed by atoms with Crippen molar-refractivity contribution in [1.29, 1.82) is 0 Å². The summed E-state index contributed by atoms with van der Waals surface area (Å²) in [5, 5.41) is 8.18. The first kappa shape index (κ1) is 20.6. The third-order valence-electron chi connectivity index (χ3n) is 8.10. The molecule has 0 aliphatic heterocycles. The maximum atomic E-state index is 13.8. The number of amides is 1. The Bertz CT molecular complexity index is 1180. The average Bonchev–Trinajstić information content (AvgIpc) is 3.12. The number of nitrogens with zero attached hydrogens (tertiary/aromatic N) is 2. The number of halogens is 1. The Hall–Kier alpha value is -2.95. The van der Waals surface area contributed by atoms with Gasteiger partial charge in [0.2, 0.25) is 0 Å². The fraction of sp³-hybridized carbons (Fsp3) is 0.429. The largest absolute Gasteiger partial charge is 0.342 e. The van der Waals surface area contributed by atoms with E-state index in [0.29, 0.717) is 17.5 Å². The highest BCUT2D eigenvalue weighted by molar-refractivity contribution is 5.95. The molecule has 1 amide bonds. The number of carbonyl (C=O) groups is 1. The topological polar surface area (TPSA) is 46.9 Å². The lowest BCUT2D eigenvalue weighted by atomic mass is 9.67. The highest BCUT2D eigenvalue weighted by atomic mass is 19.1. The van der Waals surface area contributed by atoms with Crippen molar-refractivity contribution >= 4 is 5.91 Å². The minimum absolute atomic E-state index is 0.123. The van der Waals surface area contributed by atoms with E-state index in [4.69, 9.17) is 5.10 Å². The molecule has 2 aromatic carbocycles. The lowest BCUT2D eigenvalue weighted by Gasteiger charge is -2.38. The molecule has 5 heteroatoms. The van der Waals surface area contributed by atoms with E-state index in [2.05, 4.69) is 5.32 Å². The van der Waals surface area contributed by atoms with Crippen molar-refractivity contribution in [2.45, 2.75) is 63.3 Å². The van der Waals surface area contributed by atoms with E-state index >= 15 is 0 Å². The molecule has 0 radical (unpaired) electrons. The summed E-state index contributed by atoms with van der Waals surface area (Å²) in [7, 11) is 0. The van der Waals surface area contributed by atoms with Crippen molar-refractivity contribution in [1.82, 2.24) is 15.1 Å². The van der Waals surface area contributed by atoms with Gasteiger partial charge in [-0.05, 0) is 93.5 Å². The average molecular weight is 444 g/mol. The third-order valence-corrected chi connectivity index (χ3v) is 8.10. The third kappa shape index (κ3) is 3.49. The van der Waals surface area contributed by atoms with E-state index in [1.165, 1.54) is 37.1 Å². The molecule has 1 aromatic heterocycles. The maximum absolute atomic E-state index is 13.8. The zero-order chi connectivity index (χ0) is 22.7. The molecule has 3 aromatic rings. The van der Waals surface area contributed by atoms with Gasteiger partial charge in [0.15, 0.2) is 5.69 Å². The summed E-state index contributed by atoms with van der Waals surface area (Å²) in [6.07, 6.45) is 5.96. The first-order valence-electron chi connectivity index (χ1n) is 12.2. The van der Waals surface area contributed by atoms with E-state index < -0.39 is 5.54 Å². The van der Waals surface area contributed by atoms with Gasteiger partial charge >= 0.3 is 0 Å². The summed E-state index contributed by atoms with van der Waals surface area (Å²) >= 11 is 0. The minimum Gasteiger partial charge on any atom is -0.342 e. The molecule has 7 rings (SSSR count). The van der Waals surface area contributed by atoms with Gasteiger partial charge in [-0.2, -0.15) is 5.10 Å². The van der Waals surface area contributed by atoms with Crippen LogP contribution in [0.25, 0.3) is 5.69 Å². The van der Waals surface area contributed by atoms with Crippen LogP contribution in [-0.2, 0) is 5.54 Å². The van der Waals surface area contributed by atoms with Crippen molar-refractivity contribution in [3.63, 3.8) is 0 Å². The summed E-state index contributed by atoms with van der Waals surface area (Å²) in [5.74, 6) is 1.88. The molecule has 1 heterocycles. The molecule has 2 fully saturated rings. The van der Waals surface area contributed by atoms with Crippen molar-refractivity contribution in [2.75, 3.05) is 0 Å². The molecule has 4 aliphatic rings. The summed E-state index contributed by atoms with van der Waals surface area (Å²) in [6, 6.07) is 16.5. The molecule has 0 saturated heterocycles. The SMILES string of the molecule is CC(C)(NC(=O)c1nn(-c2ccc(F)cc2)c2c1C1CC3CC(C1)CC2C3)c1ccccc1. The first-order chi connectivity index (χ1) is 15.9. The van der Waals surface area contributed by atoms with Gasteiger partial charge in [-0.3, -0.25) is 4.79 Å². The van der Waals surface area contributed by atoms with Crippen molar-refractivity contribution in [3.8, 4) is 5.69 Å². The standard InChI is InChI=1S/C28H30FN3O/c1-28(2,21-6-4-3-5-7-21)30-27(33)25-24-19-13-17-12-18(14-19)16-20(15-17)26(24)32(31-25)23-10-8-22(29)9-11-23/h3-11,17-20H,12-16H2,1-2H3,(H,30,33). The Morgan fingerprint density at radius 3 is 2.24 bits per heavy atom. The van der Waals surface area contributed by atoms with Crippen LogP contribution in [0.2, 0.25) is 0 Å². The number of aromatic nitrogens is 2. The molecule has 4 nitrogen and oxygen atoms in total.